The van der Waals surface area contributed by atoms with Gasteiger partial charge in [0.1, 0.15) is 5.69 Å². The molecule has 0 bridgehead atoms. The van der Waals surface area contributed by atoms with E-state index in [4.69, 9.17) is 5.73 Å². The zero-order valence-electron chi connectivity index (χ0n) is 13.0. The SMILES string of the molecule is Cl.Cl.Nc1ccc(C(=O)NC2CCCN(c3ncccn3)C2)nc1. The maximum Gasteiger partial charge on any atom is 0.270 e. The lowest BCUT2D eigenvalue weighted by molar-refractivity contribution is 0.0928. The van der Waals surface area contributed by atoms with Crippen LogP contribution in [0.2, 0.25) is 0 Å². The van der Waals surface area contributed by atoms with Gasteiger partial charge in [-0.15, -0.1) is 24.8 Å². The molecule has 24 heavy (non-hydrogen) atoms. The summed E-state index contributed by atoms with van der Waals surface area (Å²) in [7, 11) is 0. The van der Waals surface area contributed by atoms with Gasteiger partial charge in [-0.2, -0.15) is 0 Å². The molecule has 0 aliphatic carbocycles. The second-order valence-corrected chi connectivity index (χ2v) is 5.28. The number of carbonyl (C=O) groups is 1. The Morgan fingerprint density at radius 2 is 1.96 bits per heavy atom. The number of rotatable bonds is 3. The summed E-state index contributed by atoms with van der Waals surface area (Å²) in [6, 6.07) is 5.15. The van der Waals surface area contributed by atoms with Gasteiger partial charge in [0, 0.05) is 31.5 Å². The number of hydrogen-bond acceptors (Lipinski definition) is 6. The Morgan fingerprint density at radius 3 is 2.62 bits per heavy atom. The highest BCUT2D eigenvalue weighted by molar-refractivity contribution is 5.92. The van der Waals surface area contributed by atoms with Crippen molar-refractivity contribution < 1.29 is 4.79 Å². The van der Waals surface area contributed by atoms with Gasteiger partial charge < -0.3 is 16.0 Å². The van der Waals surface area contributed by atoms with Gasteiger partial charge in [-0.1, -0.05) is 0 Å². The van der Waals surface area contributed by atoms with Gasteiger partial charge in [-0.3, -0.25) is 4.79 Å². The Balaban J connectivity index is 0.00000144. The maximum atomic E-state index is 12.2. The molecule has 0 radical (unpaired) electrons. The van der Waals surface area contributed by atoms with E-state index in [1.807, 2.05) is 0 Å². The Kier molecular flexibility index (Phi) is 7.67. The molecule has 1 unspecified atom stereocenters. The summed E-state index contributed by atoms with van der Waals surface area (Å²) in [4.78, 5) is 26.9. The fraction of sp³-hybridized carbons (Fsp3) is 0.333. The molecular weight excluding hydrogens is 351 g/mol. The molecule has 3 rings (SSSR count). The van der Waals surface area contributed by atoms with E-state index in [-0.39, 0.29) is 36.8 Å². The van der Waals surface area contributed by atoms with Crippen LogP contribution in [-0.4, -0.2) is 40.0 Å². The van der Waals surface area contributed by atoms with Gasteiger partial charge in [0.25, 0.3) is 5.91 Å². The van der Waals surface area contributed by atoms with Crippen LogP contribution < -0.4 is 16.0 Å². The highest BCUT2D eigenvalue weighted by Crippen LogP contribution is 2.15. The molecule has 130 valence electrons. The Labute approximate surface area is 152 Å². The quantitative estimate of drug-likeness (QED) is 0.853. The van der Waals surface area contributed by atoms with Crippen molar-refractivity contribution in [2.75, 3.05) is 23.7 Å². The summed E-state index contributed by atoms with van der Waals surface area (Å²) >= 11 is 0. The number of amides is 1. The van der Waals surface area contributed by atoms with Crippen LogP contribution in [0.4, 0.5) is 11.6 Å². The number of hydrogen-bond donors (Lipinski definition) is 2. The highest BCUT2D eigenvalue weighted by Gasteiger charge is 2.23. The van der Waals surface area contributed by atoms with Crippen LogP contribution in [-0.2, 0) is 0 Å². The average molecular weight is 371 g/mol. The van der Waals surface area contributed by atoms with Crippen LogP contribution in [0, 0.1) is 0 Å². The first-order valence-electron chi connectivity index (χ1n) is 7.27. The molecule has 2 aromatic rings. The van der Waals surface area contributed by atoms with Crippen LogP contribution in [0.5, 0.6) is 0 Å². The number of nitrogens with two attached hydrogens (primary N) is 1. The fourth-order valence-corrected chi connectivity index (χ4v) is 2.53. The van der Waals surface area contributed by atoms with Crippen molar-refractivity contribution in [2.45, 2.75) is 18.9 Å². The number of nitrogens with zero attached hydrogens (tertiary/aromatic N) is 4. The molecule has 0 aromatic carbocycles. The van der Waals surface area contributed by atoms with E-state index < -0.39 is 0 Å². The lowest BCUT2D eigenvalue weighted by Gasteiger charge is -2.33. The molecule has 1 amide bonds. The number of halogens is 2. The number of pyridine rings is 1. The molecular formula is C15H20Cl2N6O. The Bertz CT molecular complexity index is 640. The molecule has 2 aromatic heterocycles. The van der Waals surface area contributed by atoms with Gasteiger partial charge in [-0.05, 0) is 31.0 Å². The van der Waals surface area contributed by atoms with Crippen molar-refractivity contribution in [1.29, 1.82) is 0 Å². The van der Waals surface area contributed by atoms with E-state index in [0.29, 0.717) is 23.9 Å². The molecule has 0 spiro atoms. The lowest BCUT2D eigenvalue weighted by Crippen LogP contribution is -2.48. The predicted octanol–water partition coefficient (Wildman–Crippen LogP) is 1.70. The Hall–Kier alpha value is -2.12. The molecule has 3 N–H and O–H groups in total. The number of piperidine rings is 1. The van der Waals surface area contributed by atoms with E-state index in [2.05, 4.69) is 25.2 Å². The normalized spacial score (nSPS) is 16.5. The van der Waals surface area contributed by atoms with Gasteiger partial charge in [0.05, 0.1) is 11.9 Å². The first-order valence-corrected chi connectivity index (χ1v) is 7.27. The lowest BCUT2D eigenvalue weighted by atomic mass is 10.1. The Morgan fingerprint density at radius 1 is 1.21 bits per heavy atom. The van der Waals surface area contributed by atoms with E-state index in [0.717, 1.165) is 19.4 Å². The molecule has 9 heteroatoms. The zero-order valence-corrected chi connectivity index (χ0v) is 14.6. The molecule has 1 aliphatic rings. The van der Waals surface area contributed by atoms with Crippen molar-refractivity contribution in [3.05, 3.63) is 42.5 Å². The highest BCUT2D eigenvalue weighted by atomic mass is 35.5. The number of carbonyl (C=O) groups excluding carboxylic acids is 1. The topological polar surface area (TPSA) is 97.0 Å². The van der Waals surface area contributed by atoms with Crippen molar-refractivity contribution in [1.82, 2.24) is 20.3 Å². The molecule has 1 atom stereocenters. The van der Waals surface area contributed by atoms with Crippen LogP contribution in [0.1, 0.15) is 23.3 Å². The molecule has 0 saturated carbocycles. The number of nitrogens with one attached hydrogen (secondary N) is 1. The summed E-state index contributed by atoms with van der Waals surface area (Å²) in [6.07, 6.45) is 6.86. The monoisotopic (exact) mass is 370 g/mol. The van der Waals surface area contributed by atoms with Gasteiger partial charge in [-0.25, -0.2) is 15.0 Å². The predicted molar refractivity (Wildman–Crippen MR) is 97.9 cm³/mol. The standard InChI is InChI=1S/C15H18N6O.2ClH/c16-11-4-5-13(19-9-11)14(22)20-12-3-1-8-21(10-12)15-17-6-2-7-18-15;;/h2,4-7,9,12H,1,3,8,10,16H2,(H,20,22);2*1H. The summed E-state index contributed by atoms with van der Waals surface area (Å²) in [5.41, 5.74) is 6.50. The smallest absolute Gasteiger partial charge is 0.270 e. The van der Waals surface area contributed by atoms with Crippen LogP contribution >= 0.6 is 24.8 Å². The first kappa shape index (κ1) is 19.9. The van der Waals surface area contributed by atoms with Gasteiger partial charge in [0.2, 0.25) is 5.95 Å². The third-order valence-corrected chi connectivity index (χ3v) is 3.61. The third kappa shape index (κ3) is 4.94. The number of nitrogen functional groups attached to an aromatic ring is 1. The minimum absolute atomic E-state index is 0. The zero-order chi connectivity index (χ0) is 15.4. The van der Waals surface area contributed by atoms with E-state index in [1.165, 1.54) is 6.20 Å². The second-order valence-electron chi connectivity index (χ2n) is 5.28. The first-order chi connectivity index (χ1) is 10.7. The number of aromatic nitrogens is 3. The maximum absolute atomic E-state index is 12.2. The van der Waals surface area contributed by atoms with E-state index in [1.54, 1.807) is 30.6 Å². The van der Waals surface area contributed by atoms with Crippen LogP contribution in [0.25, 0.3) is 0 Å². The largest absolute Gasteiger partial charge is 0.397 e. The summed E-state index contributed by atoms with van der Waals surface area (Å²) in [5.74, 6) is 0.521. The fourth-order valence-electron chi connectivity index (χ4n) is 2.53. The van der Waals surface area contributed by atoms with Crippen molar-refractivity contribution in [2.24, 2.45) is 0 Å². The van der Waals surface area contributed by atoms with Gasteiger partial charge in [0.15, 0.2) is 0 Å². The molecule has 1 aliphatic heterocycles. The third-order valence-electron chi connectivity index (χ3n) is 3.61. The average Bonchev–Trinajstić information content (AvgIpc) is 2.56. The van der Waals surface area contributed by atoms with Crippen LogP contribution in [0.3, 0.4) is 0 Å². The van der Waals surface area contributed by atoms with Crippen LogP contribution in [0.15, 0.2) is 36.8 Å². The summed E-state index contributed by atoms with van der Waals surface area (Å²) < 4.78 is 0. The van der Waals surface area contributed by atoms with Gasteiger partial charge >= 0.3 is 0 Å². The summed E-state index contributed by atoms with van der Waals surface area (Å²) in [6.45, 7) is 1.60. The van der Waals surface area contributed by atoms with Crippen molar-refractivity contribution in [3.8, 4) is 0 Å². The molecule has 1 saturated heterocycles. The second kappa shape index (κ2) is 9.24. The van der Waals surface area contributed by atoms with Crippen molar-refractivity contribution >= 4 is 42.4 Å². The van der Waals surface area contributed by atoms with Crippen molar-refractivity contribution in [3.63, 3.8) is 0 Å². The number of anilines is 2. The molecule has 1 fully saturated rings. The van der Waals surface area contributed by atoms with E-state index >= 15 is 0 Å². The minimum atomic E-state index is -0.180. The van der Waals surface area contributed by atoms with E-state index in [9.17, 15) is 4.79 Å². The summed E-state index contributed by atoms with van der Waals surface area (Å²) in [5, 5.41) is 3.01. The molecule has 7 nitrogen and oxygen atoms in total. The molecule has 3 heterocycles. The minimum Gasteiger partial charge on any atom is -0.397 e.